The molecule has 0 unspecified atom stereocenters. The number of rotatable bonds is 6. The molecule has 0 saturated carbocycles. The Morgan fingerprint density at radius 1 is 1.33 bits per heavy atom. The summed E-state index contributed by atoms with van der Waals surface area (Å²) < 4.78 is 40.4. The highest BCUT2D eigenvalue weighted by Crippen LogP contribution is 2.29. The Kier molecular flexibility index (Phi) is 5.33. The van der Waals surface area contributed by atoms with Gasteiger partial charge >= 0.3 is 6.36 Å². The number of hydrogen-bond donors (Lipinski definition) is 2. The highest BCUT2D eigenvalue weighted by molar-refractivity contribution is 6.00. The number of ether oxygens (including phenoxy) is 1. The smallest absolute Gasteiger partial charge is 0.406 e. The van der Waals surface area contributed by atoms with Gasteiger partial charge in [-0.15, -0.1) is 13.2 Å². The maximum atomic E-state index is 12.2. The SMILES string of the molecule is O=C(NCCc1cnc[nH]1)[C@H]1CC(=O)N(c2ccc(OC(F)(F)F)cc2)C1. The standard InChI is InChI=1S/C17H17F3N4O3/c18-17(19,20)27-14-3-1-13(2-4-14)24-9-11(7-15(24)25)16(26)22-6-5-12-8-21-10-23-12/h1-4,8,10-11H,5-7,9H2,(H,21,23)(H,22,26)/t11-/m0/s1. The van der Waals surface area contributed by atoms with Crippen LogP contribution in [0.1, 0.15) is 12.1 Å². The molecule has 1 fully saturated rings. The van der Waals surface area contributed by atoms with E-state index in [9.17, 15) is 22.8 Å². The van der Waals surface area contributed by atoms with Crippen molar-refractivity contribution in [2.24, 2.45) is 5.92 Å². The number of imidazole rings is 1. The Labute approximate surface area is 152 Å². The number of anilines is 1. The van der Waals surface area contributed by atoms with Crippen molar-refractivity contribution >= 4 is 17.5 Å². The van der Waals surface area contributed by atoms with Crippen LogP contribution in [0, 0.1) is 5.92 Å². The number of carbonyl (C=O) groups excluding carboxylic acids is 2. The van der Waals surface area contributed by atoms with Crippen LogP contribution >= 0.6 is 0 Å². The fourth-order valence-corrected chi connectivity index (χ4v) is 2.85. The van der Waals surface area contributed by atoms with Gasteiger partial charge in [0, 0.05) is 43.5 Å². The van der Waals surface area contributed by atoms with Crippen molar-refractivity contribution in [3.8, 4) is 5.75 Å². The molecule has 7 nitrogen and oxygen atoms in total. The molecule has 1 atom stereocenters. The van der Waals surface area contributed by atoms with E-state index in [1.54, 1.807) is 12.5 Å². The van der Waals surface area contributed by atoms with E-state index >= 15 is 0 Å². The molecule has 2 heterocycles. The molecule has 1 aromatic heterocycles. The molecule has 10 heteroatoms. The number of hydrogen-bond acceptors (Lipinski definition) is 4. The molecule has 27 heavy (non-hydrogen) atoms. The predicted octanol–water partition coefficient (Wildman–Crippen LogP) is 2.02. The number of aromatic nitrogens is 2. The molecular weight excluding hydrogens is 365 g/mol. The molecule has 0 spiro atoms. The molecule has 0 aliphatic carbocycles. The minimum absolute atomic E-state index is 0.0523. The number of aromatic amines is 1. The lowest BCUT2D eigenvalue weighted by molar-refractivity contribution is -0.274. The monoisotopic (exact) mass is 382 g/mol. The summed E-state index contributed by atoms with van der Waals surface area (Å²) in [4.78, 5) is 32.6. The zero-order valence-corrected chi connectivity index (χ0v) is 14.1. The Hall–Kier alpha value is -3.04. The van der Waals surface area contributed by atoms with Crippen LogP contribution in [-0.2, 0) is 16.0 Å². The van der Waals surface area contributed by atoms with Gasteiger partial charge in [0.1, 0.15) is 5.75 Å². The Morgan fingerprint density at radius 2 is 2.07 bits per heavy atom. The van der Waals surface area contributed by atoms with Gasteiger partial charge in [0.05, 0.1) is 12.2 Å². The lowest BCUT2D eigenvalue weighted by atomic mass is 10.1. The van der Waals surface area contributed by atoms with Crippen LogP contribution < -0.4 is 15.0 Å². The Morgan fingerprint density at radius 3 is 2.70 bits per heavy atom. The van der Waals surface area contributed by atoms with Gasteiger partial charge in [0.15, 0.2) is 0 Å². The van der Waals surface area contributed by atoms with Crippen LogP contribution in [0.15, 0.2) is 36.8 Å². The first-order valence-electron chi connectivity index (χ1n) is 8.23. The van der Waals surface area contributed by atoms with E-state index in [0.29, 0.717) is 18.7 Å². The van der Waals surface area contributed by atoms with Crippen molar-refractivity contribution in [2.45, 2.75) is 19.2 Å². The third kappa shape index (κ3) is 4.99. The summed E-state index contributed by atoms with van der Waals surface area (Å²) in [5, 5.41) is 2.78. The van der Waals surface area contributed by atoms with Crippen molar-refractivity contribution in [1.29, 1.82) is 0 Å². The summed E-state index contributed by atoms with van der Waals surface area (Å²) >= 11 is 0. The van der Waals surface area contributed by atoms with Crippen molar-refractivity contribution in [1.82, 2.24) is 15.3 Å². The molecule has 144 valence electrons. The summed E-state index contributed by atoms with van der Waals surface area (Å²) in [5.41, 5.74) is 1.31. The highest BCUT2D eigenvalue weighted by Gasteiger charge is 2.35. The first-order valence-corrected chi connectivity index (χ1v) is 8.23. The first-order chi connectivity index (χ1) is 12.8. The lowest BCUT2D eigenvalue weighted by Gasteiger charge is -2.17. The molecule has 2 amide bonds. The molecule has 1 aromatic carbocycles. The quantitative estimate of drug-likeness (QED) is 0.800. The van der Waals surface area contributed by atoms with Gasteiger partial charge in [-0.25, -0.2) is 4.98 Å². The molecule has 2 N–H and O–H groups in total. The van der Waals surface area contributed by atoms with E-state index in [4.69, 9.17) is 0 Å². The summed E-state index contributed by atoms with van der Waals surface area (Å²) in [7, 11) is 0. The molecule has 0 bridgehead atoms. The molecule has 1 aliphatic heterocycles. The number of nitrogens with one attached hydrogen (secondary N) is 2. The second kappa shape index (κ2) is 7.68. The summed E-state index contributed by atoms with van der Waals surface area (Å²) in [6, 6.07) is 4.98. The number of H-pyrrole nitrogens is 1. The van der Waals surface area contributed by atoms with Gasteiger partial charge in [0.2, 0.25) is 11.8 Å². The van der Waals surface area contributed by atoms with Gasteiger partial charge in [-0.3, -0.25) is 9.59 Å². The lowest BCUT2D eigenvalue weighted by Crippen LogP contribution is -2.34. The predicted molar refractivity (Wildman–Crippen MR) is 88.9 cm³/mol. The van der Waals surface area contributed by atoms with E-state index in [1.165, 1.54) is 17.0 Å². The van der Waals surface area contributed by atoms with Crippen LogP contribution in [0.25, 0.3) is 0 Å². The molecular formula is C17H17F3N4O3. The first kappa shape index (κ1) is 18.7. The van der Waals surface area contributed by atoms with Crippen LogP contribution in [0.2, 0.25) is 0 Å². The molecule has 1 aliphatic rings. The van der Waals surface area contributed by atoms with Crippen LogP contribution in [0.3, 0.4) is 0 Å². The Balaban J connectivity index is 1.54. The van der Waals surface area contributed by atoms with Gasteiger partial charge in [-0.05, 0) is 24.3 Å². The number of benzene rings is 1. The summed E-state index contributed by atoms with van der Waals surface area (Å²) in [6.07, 6.45) is -0.910. The third-order valence-corrected chi connectivity index (χ3v) is 4.13. The van der Waals surface area contributed by atoms with Gasteiger partial charge in [0.25, 0.3) is 0 Å². The van der Waals surface area contributed by atoms with E-state index in [1.807, 2.05) is 0 Å². The molecule has 2 aromatic rings. The Bertz CT molecular complexity index is 791. The van der Waals surface area contributed by atoms with Crippen molar-refractivity contribution < 1.29 is 27.5 Å². The number of amides is 2. The minimum atomic E-state index is -4.77. The van der Waals surface area contributed by atoms with Crippen molar-refractivity contribution in [3.05, 3.63) is 42.5 Å². The summed E-state index contributed by atoms with van der Waals surface area (Å²) in [6.45, 7) is 0.587. The van der Waals surface area contributed by atoms with Crippen molar-refractivity contribution in [2.75, 3.05) is 18.0 Å². The van der Waals surface area contributed by atoms with Crippen LogP contribution in [0.5, 0.6) is 5.75 Å². The minimum Gasteiger partial charge on any atom is -0.406 e. The number of nitrogens with zero attached hydrogens (tertiary/aromatic N) is 2. The van der Waals surface area contributed by atoms with Crippen LogP contribution in [0.4, 0.5) is 18.9 Å². The molecule has 3 rings (SSSR count). The molecule has 0 radical (unpaired) electrons. The van der Waals surface area contributed by atoms with Gasteiger partial charge in [-0.1, -0.05) is 0 Å². The summed E-state index contributed by atoms with van der Waals surface area (Å²) in [5.74, 6) is -1.37. The van der Waals surface area contributed by atoms with Gasteiger partial charge in [-0.2, -0.15) is 0 Å². The van der Waals surface area contributed by atoms with Crippen molar-refractivity contribution in [3.63, 3.8) is 0 Å². The topological polar surface area (TPSA) is 87.3 Å². The van der Waals surface area contributed by atoms with E-state index in [0.717, 1.165) is 17.8 Å². The fourth-order valence-electron chi connectivity index (χ4n) is 2.85. The number of carbonyl (C=O) groups is 2. The number of halogens is 3. The normalized spacial score (nSPS) is 17.2. The third-order valence-electron chi connectivity index (χ3n) is 4.13. The highest BCUT2D eigenvalue weighted by atomic mass is 19.4. The fraction of sp³-hybridized carbons (Fsp3) is 0.353. The largest absolute Gasteiger partial charge is 0.573 e. The maximum absolute atomic E-state index is 12.2. The van der Waals surface area contributed by atoms with E-state index < -0.39 is 12.3 Å². The second-order valence-corrected chi connectivity index (χ2v) is 6.06. The average molecular weight is 382 g/mol. The zero-order valence-electron chi connectivity index (χ0n) is 14.1. The van der Waals surface area contributed by atoms with E-state index in [2.05, 4.69) is 20.0 Å². The molecule has 1 saturated heterocycles. The number of alkyl halides is 3. The van der Waals surface area contributed by atoms with E-state index in [-0.39, 0.29) is 30.5 Å². The zero-order chi connectivity index (χ0) is 19.4. The van der Waals surface area contributed by atoms with Gasteiger partial charge < -0.3 is 19.9 Å². The maximum Gasteiger partial charge on any atom is 0.573 e. The van der Waals surface area contributed by atoms with Crippen LogP contribution in [-0.4, -0.2) is 41.2 Å². The second-order valence-electron chi connectivity index (χ2n) is 6.06. The average Bonchev–Trinajstić information content (AvgIpc) is 3.24.